The summed E-state index contributed by atoms with van der Waals surface area (Å²) in [6, 6.07) is 4.71. The maximum absolute atomic E-state index is 5.95. The first kappa shape index (κ1) is 14.0. The van der Waals surface area contributed by atoms with Crippen molar-refractivity contribution in [2.45, 2.75) is 0 Å². The summed E-state index contributed by atoms with van der Waals surface area (Å²) in [5.41, 5.74) is 0. The minimum absolute atomic E-state index is 0.00301. The predicted molar refractivity (Wildman–Crippen MR) is 73.6 cm³/mol. The van der Waals surface area contributed by atoms with Crippen LogP contribution in [-0.4, -0.2) is 9.97 Å². The van der Waals surface area contributed by atoms with Gasteiger partial charge < -0.3 is 4.74 Å². The van der Waals surface area contributed by atoms with Crippen LogP contribution in [0.25, 0.3) is 0 Å². The van der Waals surface area contributed by atoms with Crippen LogP contribution in [0.3, 0.4) is 0 Å². The number of ether oxygens (including phenoxy) is 1. The second-order valence-corrected chi connectivity index (χ2v) is 5.00. The molecule has 0 fully saturated rings. The molecule has 1 aromatic heterocycles. The Morgan fingerprint density at radius 3 is 2.33 bits per heavy atom. The molecule has 0 saturated heterocycles. The van der Waals surface area contributed by atoms with Gasteiger partial charge >= 0.3 is 0 Å². The third kappa shape index (κ3) is 3.11. The molecule has 0 spiro atoms. The monoisotopic (exact) mass is 342 g/mol. The van der Waals surface area contributed by atoms with E-state index >= 15 is 0 Å². The molecular formula is C10H3Cl5N2O. The van der Waals surface area contributed by atoms with Gasteiger partial charge in [-0.3, -0.25) is 0 Å². The maximum Gasteiger partial charge on any atom is 0.244 e. The van der Waals surface area contributed by atoms with E-state index in [0.29, 0.717) is 15.8 Å². The highest BCUT2D eigenvalue weighted by molar-refractivity contribution is 6.42. The average molecular weight is 344 g/mol. The lowest BCUT2D eigenvalue weighted by Crippen LogP contribution is -1.93. The van der Waals surface area contributed by atoms with Gasteiger partial charge in [-0.05, 0) is 29.8 Å². The molecule has 2 rings (SSSR count). The van der Waals surface area contributed by atoms with Crippen molar-refractivity contribution >= 4 is 58.0 Å². The van der Waals surface area contributed by atoms with Crippen LogP contribution in [0.4, 0.5) is 0 Å². The van der Waals surface area contributed by atoms with Crippen molar-refractivity contribution in [3.8, 4) is 11.6 Å². The average Bonchev–Trinajstić information content (AvgIpc) is 2.29. The largest absolute Gasteiger partial charge is 0.436 e. The van der Waals surface area contributed by atoms with E-state index < -0.39 is 0 Å². The molecule has 0 unspecified atom stereocenters. The Labute approximate surface area is 128 Å². The zero-order valence-electron chi connectivity index (χ0n) is 8.42. The van der Waals surface area contributed by atoms with E-state index in [-0.39, 0.29) is 21.3 Å². The Bertz CT molecular complexity index is 605. The van der Waals surface area contributed by atoms with Crippen molar-refractivity contribution in [3.05, 3.63) is 43.7 Å². The number of nitrogens with zero attached hydrogens (tertiary/aromatic N) is 2. The molecule has 0 amide bonds. The Kier molecular flexibility index (Phi) is 4.41. The van der Waals surface area contributed by atoms with Gasteiger partial charge in [0.15, 0.2) is 5.15 Å². The Morgan fingerprint density at radius 2 is 1.67 bits per heavy atom. The van der Waals surface area contributed by atoms with Gasteiger partial charge in [0.2, 0.25) is 11.2 Å². The van der Waals surface area contributed by atoms with Crippen molar-refractivity contribution in [2.24, 2.45) is 0 Å². The number of benzene rings is 1. The molecule has 94 valence electrons. The van der Waals surface area contributed by atoms with Crippen LogP contribution in [0.15, 0.2) is 18.2 Å². The fourth-order valence-corrected chi connectivity index (χ4v) is 2.04. The highest BCUT2D eigenvalue weighted by atomic mass is 35.5. The molecule has 0 atom stereocenters. The summed E-state index contributed by atoms with van der Waals surface area (Å²) in [6.45, 7) is 0. The number of hydrogen-bond donors (Lipinski definition) is 0. The van der Waals surface area contributed by atoms with Crippen LogP contribution in [-0.2, 0) is 0 Å². The Morgan fingerprint density at radius 1 is 0.944 bits per heavy atom. The van der Waals surface area contributed by atoms with Crippen molar-refractivity contribution in [3.63, 3.8) is 0 Å². The van der Waals surface area contributed by atoms with Crippen LogP contribution >= 0.6 is 58.0 Å². The van der Waals surface area contributed by atoms with Gasteiger partial charge in [0.05, 0.1) is 5.02 Å². The normalized spacial score (nSPS) is 10.5. The minimum atomic E-state index is -0.0792. The zero-order chi connectivity index (χ0) is 13.3. The molecule has 3 nitrogen and oxygen atoms in total. The summed E-state index contributed by atoms with van der Waals surface area (Å²) in [7, 11) is 0. The van der Waals surface area contributed by atoms with Gasteiger partial charge in [-0.2, -0.15) is 4.98 Å². The molecule has 0 saturated carbocycles. The molecule has 0 aliphatic rings. The third-order valence-electron chi connectivity index (χ3n) is 1.85. The SMILES string of the molecule is Clc1ccc(Oc2nc(Cl)nc(Cl)c2Cl)c(Cl)c1. The highest BCUT2D eigenvalue weighted by Crippen LogP contribution is 2.36. The van der Waals surface area contributed by atoms with Gasteiger partial charge in [-0.25, -0.2) is 4.98 Å². The van der Waals surface area contributed by atoms with Crippen molar-refractivity contribution in [1.29, 1.82) is 0 Å². The van der Waals surface area contributed by atoms with E-state index in [4.69, 9.17) is 62.7 Å². The standard InChI is InChI=1S/C10H3Cl5N2O/c11-4-1-2-6(5(12)3-4)18-9-7(13)8(14)16-10(15)17-9/h1-3H. The summed E-state index contributed by atoms with van der Waals surface area (Å²) >= 11 is 29.0. The molecule has 2 aromatic rings. The summed E-state index contributed by atoms with van der Waals surface area (Å²) in [6.07, 6.45) is 0. The van der Waals surface area contributed by atoms with Gasteiger partial charge in [-0.15, -0.1) is 0 Å². The molecule has 0 aliphatic heterocycles. The fraction of sp³-hybridized carbons (Fsp3) is 0. The molecule has 0 bridgehead atoms. The highest BCUT2D eigenvalue weighted by Gasteiger charge is 2.14. The van der Waals surface area contributed by atoms with Crippen LogP contribution in [0.1, 0.15) is 0 Å². The van der Waals surface area contributed by atoms with E-state index in [2.05, 4.69) is 9.97 Å². The van der Waals surface area contributed by atoms with Gasteiger partial charge in [-0.1, -0.05) is 46.4 Å². The third-order valence-corrected chi connectivity index (χ3v) is 3.26. The summed E-state index contributed by atoms with van der Waals surface area (Å²) in [5.74, 6) is 0.347. The lowest BCUT2D eigenvalue weighted by atomic mass is 10.3. The number of aromatic nitrogens is 2. The minimum Gasteiger partial charge on any atom is -0.436 e. The van der Waals surface area contributed by atoms with E-state index in [1.807, 2.05) is 0 Å². The van der Waals surface area contributed by atoms with Crippen LogP contribution in [0, 0.1) is 0 Å². The van der Waals surface area contributed by atoms with Gasteiger partial charge in [0, 0.05) is 5.02 Å². The van der Waals surface area contributed by atoms with E-state index in [0.717, 1.165) is 0 Å². The van der Waals surface area contributed by atoms with Crippen molar-refractivity contribution in [2.75, 3.05) is 0 Å². The fourth-order valence-electron chi connectivity index (χ4n) is 1.11. The Balaban J connectivity index is 2.40. The quantitative estimate of drug-likeness (QED) is 0.530. The molecular weight excluding hydrogens is 341 g/mol. The van der Waals surface area contributed by atoms with Gasteiger partial charge in [0.25, 0.3) is 0 Å². The lowest BCUT2D eigenvalue weighted by molar-refractivity contribution is 0.462. The van der Waals surface area contributed by atoms with Gasteiger partial charge in [0.1, 0.15) is 10.8 Å². The smallest absolute Gasteiger partial charge is 0.244 e. The number of rotatable bonds is 2. The zero-order valence-corrected chi connectivity index (χ0v) is 12.2. The van der Waals surface area contributed by atoms with Crippen molar-refractivity contribution < 1.29 is 4.74 Å². The molecule has 1 heterocycles. The number of halogens is 5. The van der Waals surface area contributed by atoms with E-state index in [9.17, 15) is 0 Å². The predicted octanol–water partition coefficient (Wildman–Crippen LogP) is 5.54. The first-order chi connectivity index (χ1) is 8.47. The van der Waals surface area contributed by atoms with E-state index in [1.54, 1.807) is 12.1 Å². The first-order valence-corrected chi connectivity index (χ1v) is 6.38. The molecule has 0 N–H and O–H groups in total. The summed E-state index contributed by atoms with van der Waals surface area (Å²) < 4.78 is 5.41. The van der Waals surface area contributed by atoms with Crippen LogP contribution in [0.2, 0.25) is 25.5 Å². The Hall–Kier alpha value is -0.450. The maximum atomic E-state index is 5.95. The molecule has 18 heavy (non-hydrogen) atoms. The topological polar surface area (TPSA) is 35.0 Å². The molecule has 0 aliphatic carbocycles. The molecule has 0 radical (unpaired) electrons. The first-order valence-electron chi connectivity index (χ1n) is 4.49. The number of hydrogen-bond acceptors (Lipinski definition) is 3. The summed E-state index contributed by atoms with van der Waals surface area (Å²) in [5, 5.41) is 0.759. The van der Waals surface area contributed by atoms with Crippen LogP contribution < -0.4 is 4.74 Å². The van der Waals surface area contributed by atoms with Crippen LogP contribution in [0.5, 0.6) is 11.6 Å². The van der Waals surface area contributed by atoms with E-state index in [1.165, 1.54) is 6.07 Å². The molecule has 8 heteroatoms. The second-order valence-electron chi connectivity index (χ2n) is 3.08. The summed E-state index contributed by atoms with van der Waals surface area (Å²) in [4.78, 5) is 7.48. The second kappa shape index (κ2) is 5.68. The lowest BCUT2D eigenvalue weighted by Gasteiger charge is -2.08. The van der Waals surface area contributed by atoms with Crippen molar-refractivity contribution in [1.82, 2.24) is 9.97 Å². The molecule has 1 aromatic carbocycles.